The first-order chi connectivity index (χ1) is 19.3. The van der Waals surface area contributed by atoms with Crippen molar-refractivity contribution < 1.29 is 35.8 Å². The number of hydrogen-bond donors (Lipinski definition) is 2. The van der Waals surface area contributed by atoms with E-state index < -0.39 is 26.0 Å². The third kappa shape index (κ3) is 7.77. The van der Waals surface area contributed by atoms with Crippen molar-refractivity contribution in [2.45, 2.75) is 35.8 Å². The zero-order valence-electron chi connectivity index (χ0n) is 22.8. The summed E-state index contributed by atoms with van der Waals surface area (Å²) in [6, 6.07) is 13.9. The first-order valence-corrected chi connectivity index (χ1v) is 15.8. The molecule has 1 aliphatic heterocycles. The summed E-state index contributed by atoms with van der Waals surface area (Å²) in [5.74, 6) is -0.284. The molecule has 2 atom stereocenters. The van der Waals surface area contributed by atoms with E-state index >= 15 is 0 Å². The predicted molar refractivity (Wildman–Crippen MR) is 162 cm³/mol. The van der Waals surface area contributed by atoms with Crippen molar-refractivity contribution in [2.24, 2.45) is 0 Å². The van der Waals surface area contributed by atoms with E-state index in [-0.39, 0.29) is 87.4 Å². The fraction of sp³-hybridized carbons (Fsp3) is 0.296. The van der Waals surface area contributed by atoms with Gasteiger partial charge in [-0.2, -0.15) is 4.31 Å². The molecule has 1 amide bonds. The third-order valence-electron chi connectivity index (χ3n) is 6.27. The number of nitrogens with zero attached hydrogens (tertiary/aromatic N) is 1. The molecular weight excluding hydrogens is 617 g/mol. The van der Waals surface area contributed by atoms with E-state index in [2.05, 4.69) is 10.0 Å². The van der Waals surface area contributed by atoms with Gasteiger partial charge in [0.05, 0.1) is 47.5 Å². The molecule has 0 spiro atoms. The topological polar surface area (TPSA) is 140 Å². The van der Waals surface area contributed by atoms with Crippen LogP contribution in [-0.2, 0) is 24.8 Å². The molecule has 1 fully saturated rings. The minimum absolute atomic E-state index is 0. The molecule has 222 valence electrons. The summed E-state index contributed by atoms with van der Waals surface area (Å²) < 4.78 is 72.5. The summed E-state index contributed by atoms with van der Waals surface area (Å²) >= 11 is 5.88. The van der Waals surface area contributed by atoms with E-state index in [4.69, 9.17) is 25.8 Å². The minimum atomic E-state index is -4.11. The second kappa shape index (κ2) is 14.0. The van der Waals surface area contributed by atoms with Gasteiger partial charge < -0.3 is 19.5 Å². The Morgan fingerprint density at radius 2 is 1.40 bits per heavy atom. The first kappa shape index (κ1) is 34.1. The predicted octanol–water partition coefficient (Wildman–Crippen LogP) is 3.56. The van der Waals surface area contributed by atoms with Crippen LogP contribution >= 0.6 is 11.6 Å². The Hall–Kier alpha value is -2.36. The molecule has 3 aromatic carbocycles. The average Bonchev–Trinajstić information content (AvgIpc) is 2.92. The second-order valence-electron chi connectivity index (χ2n) is 9.37. The molecule has 0 saturated carbocycles. The van der Waals surface area contributed by atoms with Crippen molar-refractivity contribution in [2.75, 3.05) is 37.3 Å². The van der Waals surface area contributed by atoms with E-state index in [0.29, 0.717) is 10.7 Å². The fourth-order valence-electron chi connectivity index (χ4n) is 4.35. The Morgan fingerprint density at radius 3 is 1.95 bits per heavy atom. The Bertz CT molecular complexity index is 1630. The van der Waals surface area contributed by atoms with Gasteiger partial charge in [0.1, 0.15) is 0 Å². The van der Waals surface area contributed by atoms with Gasteiger partial charge in [0.2, 0.25) is 10.0 Å². The number of amides is 1. The van der Waals surface area contributed by atoms with Crippen LogP contribution in [0.5, 0.6) is 11.5 Å². The number of sulfonamides is 2. The number of benzene rings is 3. The second-order valence-corrected chi connectivity index (χ2v) is 13.4. The van der Waals surface area contributed by atoms with E-state index in [1.807, 2.05) is 13.8 Å². The van der Waals surface area contributed by atoms with Gasteiger partial charge in [-0.3, -0.25) is 9.52 Å². The van der Waals surface area contributed by atoms with Crippen molar-refractivity contribution in [3.8, 4) is 11.5 Å². The van der Waals surface area contributed by atoms with Crippen LogP contribution in [0.2, 0.25) is 5.02 Å². The summed E-state index contributed by atoms with van der Waals surface area (Å²) in [4.78, 5) is 13.4. The van der Waals surface area contributed by atoms with Gasteiger partial charge in [0.15, 0.2) is 11.5 Å². The molecule has 1 saturated heterocycles. The van der Waals surface area contributed by atoms with E-state index in [1.165, 1.54) is 79.2 Å². The van der Waals surface area contributed by atoms with Crippen LogP contribution in [0.25, 0.3) is 0 Å². The van der Waals surface area contributed by atoms with Gasteiger partial charge in [-0.15, -0.1) is 0 Å². The quantitative estimate of drug-likeness (QED) is 0.336. The number of anilines is 2. The standard InChI is InChI=1S/C27H30ClN3O8S2.Na.H/c1-17-15-31(16-18(2)39-17)41(35,36)22-11-7-20(8-12-22)29-27(32)23-13-25(37-3)26(38-4)14-24(23)30-40(33,34)21-9-5-19(28)6-10-21;;/h5-14,17-18,30H,15-16H2,1-4H3,(H,29,32);;/t17-,18+;;. The SMILES string of the molecule is COc1cc(NS(=O)(=O)c2ccc(Cl)cc2)c(C(=O)Nc2ccc(S(=O)(=O)N3C[C@@H](C)O[C@@H](C)C3)cc2)cc1OC.[NaH]. The Balaban J connectivity index is 0.00000484. The summed E-state index contributed by atoms with van der Waals surface area (Å²) in [6.45, 7) is 4.10. The summed E-state index contributed by atoms with van der Waals surface area (Å²) in [5.41, 5.74) is 0.164. The number of carbonyl (C=O) groups is 1. The number of nitrogens with one attached hydrogen (secondary N) is 2. The Morgan fingerprint density at radius 1 is 0.881 bits per heavy atom. The molecular formula is C27H31ClN3NaO8S2. The van der Waals surface area contributed by atoms with Crippen LogP contribution in [0.4, 0.5) is 11.4 Å². The zero-order valence-corrected chi connectivity index (χ0v) is 25.1. The van der Waals surface area contributed by atoms with E-state index in [0.717, 1.165) is 0 Å². The van der Waals surface area contributed by atoms with Gasteiger partial charge in [0, 0.05) is 29.9 Å². The third-order valence-corrected chi connectivity index (χ3v) is 9.75. The van der Waals surface area contributed by atoms with Gasteiger partial charge in [0.25, 0.3) is 15.9 Å². The zero-order chi connectivity index (χ0) is 29.9. The van der Waals surface area contributed by atoms with Crippen LogP contribution in [0, 0.1) is 0 Å². The van der Waals surface area contributed by atoms with Gasteiger partial charge in [-0.1, -0.05) is 11.6 Å². The molecule has 0 aromatic heterocycles. The van der Waals surface area contributed by atoms with Gasteiger partial charge in [-0.05, 0) is 68.4 Å². The number of ether oxygens (including phenoxy) is 3. The normalized spacial score (nSPS) is 17.5. The first-order valence-electron chi connectivity index (χ1n) is 12.5. The molecule has 42 heavy (non-hydrogen) atoms. The summed E-state index contributed by atoms with van der Waals surface area (Å²) in [5, 5.41) is 3.04. The molecule has 4 rings (SSSR count). The molecule has 2 N–H and O–H groups in total. The molecule has 0 unspecified atom stereocenters. The molecule has 0 aliphatic carbocycles. The summed E-state index contributed by atoms with van der Waals surface area (Å²) in [6.07, 6.45) is -0.472. The Labute approximate surface area is 272 Å². The van der Waals surface area contributed by atoms with Gasteiger partial charge >= 0.3 is 29.6 Å². The van der Waals surface area contributed by atoms with Crippen LogP contribution in [0.1, 0.15) is 24.2 Å². The maximum atomic E-state index is 13.4. The number of rotatable bonds is 9. The van der Waals surface area contributed by atoms with Crippen molar-refractivity contribution in [3.63, 3.8) is 0 Å². The number of carbonyl (C=O) groups excluding carboxylic acids is 1. The number of hydrogen-bond acceptors (Lipinski definition) is 8. The molecule has 0 radical (unpaired) electrons. The molecule has 3 aromatic rings. The van der Waals surface area contributed by atoms with Gasteiger partial charge in [-0.25, -0.2) is 16.8 Å². The molecule has 1 aliphatic rings. The molecule has 11 nitrogen and oxygen atoms in total. The van der Waals surface area contributed by atoms with Crippen LogP contribution in [0.15, 0.2) is 70.5 Å². The average molecular weight is 648 g/mol. The maximum absolute atomic E-state index is 13.4. The molecule has 1 heterocycles. The van der Waals surface area contributed by atoms with Crippen molar-refractivity contribution in [1.29, 1.82) is 0 Å². The van der Waals surface area contributed by atoms with Crippen LogP contribution in [0.3, 0.4) is 0 Å². The number of morpholine rings is 1. The molecule has 0 bridgehead atoms. The Kier molecular flexibility index (Phi) is 11.3. The van der Waals surface area contributed by atoms with Crippen molar-refractivity contribution in [1.82, 2.24) is 4.31 Å². The number of methoxy groups -OCH3 is 2. The van der Waals surface area contributed by atoms with Crippen molar-refractivity contribution in [3.05, 3.63) is 71.2 Å². The fourth-order valence-corrected chi connectivity index (χ4v) is 7.14. The van der Waals surface area contributed by atoms with Crippen LogP contribution < -0.4 is 19.5 Å². The molecule has 15 heteroatoms. The van der Waals surface area contributed by atoms with Crippen molar-refractivity contribution >= 4 is 78.5 Å². The number of halogens is 1. The van der Waals surface area contributed by atoms with E-state index in [1.54, 1.807) is 0 Å². The summed E-state index contributed by atoms with van der Waals surface area (Å²) in [7, 11) is -5.12. The van der Waals surface area contributed by atoms with Crippen LogP contribution in [-0.4, -0.2) is 96.1 Å². The monoisotopic (exact) mass is 647 g/mol. The van der Waals surface area contributed by atoms with E-state index in [9.17, 15) is 21.6 Å².